The minimum atomic E-state index is -1.75. The van der Waals surface area contributed by atoms with Crippen molar-refractivity contribution >= 4 is 56.3 Å². The third-order valence-corrected chi connectivity index (χ3v) is 4.68. The van der Waals surface area contributed by atoms with Crippen molar-refractivity contribution in [3.63, 3.8) is 0 Å². The van der Waals surface area contributed by atoms with Crippen LogP contribution in [0.15, 0.2) is 6.07 Å². The number of carboxylic acids is 2. The quantitative estimate of drug-likeness (QED) is 0.581. The Morgan fingerprint density at radius 1 is 1.17 bits per heavy atom. The van der Waals surface area contributed by atoms with Crippen molar-refractivity contribution in [1.82, 2.24) is 0 Å². The molecule has 8 heteroatoms. The fraction of sp³-hybridized carbons (Fsp3) is 0.200. The van der Waals surface area contributed by atoms with Crippen LogP contribution in [0.2, 0.25) is 10.0 Å². The molecule has 0 radical (unpaired) electrons. The summed E-state index contributed by atoms with van der Waals surface area (Å²) in [6.07, 6.45) is -0.815. The van der Waals surface area contributed by atoms with E-state index in [0.29, 0.717) is 0 Å². The first-order valence-electron chi connectivity index (χ1n) is 4.57. The largest absolute Gasteiger partial charge is 0.481 e. The highest BCUT2D eigenvalue weighted by Crippen LogP contribution is 2.34. The van der Waals surface area contributed by atoms with Crippen LogP contribution < -0.4 is 0 Å². The van der Waals surface area contributed by atoms with Gasteiger partial charge in [0.1, 0.15) is 0 Å². The summed E-state index contributed by atoms with van der Waals surface area (Å²) in [5.41, 5.74) is 0.381. The lowest BCUT2D eigenvalue weighted by Crippen LogP contribution is -2.08. The van der Waals surface area contributed by atoms with Crippen molar-refractivity contribution in [2.24, 2.45) is 0 Å². The van der Waals surface area contributed by atoms with Crippen molar-refractivity contribution in [3.05, 3.63) is 30.8 Å². The third kappa shape index (κ3) is 3.63. The minimum absolute atomic E-state index is 0.0127. The molecule has 0 aliphatic heterocycles. The highest BCUT2D eigenvalue weighted by atomic mass is 127. The van der Waals surface area contributed by atoms with Crippen LogP contribution >= 0.6 is 44.4 Å². The van der Waals surface area contributed by atoms with Gasteiger partial charge in [-0.15, -0.1) is 0 Å². The van der Waals surface area contributed by atoms with Crippen LogP contribution in [0, 0.1) is 3.57 Å². The number of hydrogen-bond donors (Lipinski definition) is 2. The number of rotatable bonds is 5. The van der Waals surface area contributed by atoms with Crippen LogP contribution in [0.4, 0.5) is 0 Å². The second kappa shape index (κ2) is 6.44. The number of carbonyl (C=O) groups is 2. The Morgan fingerprint density at radius 2 is 1.72 bits per heavy atom. The Morgan fingerprint density at radius 3 is 2.17 bits per heavy atom. The van der Waals surface area contributed by atoms with Crippen molar-refractivity contribution in [1.29, 1.82) is 0 Å². The van der Waals surface area contributed by atoms with Gasteiger partial charge in [0.25, 0.3) is 0 Å². The SMILES string of the molecule is O=Ic1c(CC(=O)O)cc(Cl)c(Cl)c1CC(=O)O. The Hall–Kier alpha value is -0.730. The molecule has 0 saturated heterocycles. The maximum Gasteiger partial charge on any atom is 0.307 e. The van der Waals surface area contributed by atoms with Gasteiger partial charge in [0.05, 0.1) is 26.5 Å². The Labute approximate surface area is 122 Å². The summed E-state index contributed by atoms with van der Waals surface area (Å²) in [6, 6.07) is 1.32. The van der Waals surface area contributed by atoms with E-state index < -0.39 is 39.6 Å². The number of halogens is 3. The third-order valence-electron chi connectivity index (χ3n) is 2.07. The van der Waals surface area contributed by atoms with Crippen LogP contribution in [0.25, 0.3) is 0 Å². The zero-order chi connectivity index (χ0) is 13.9. The van der Waals surface area contributed by atoms with Gasteiger partial charge in [0.15, 0.2) is 21.2 Å². The molecule has 5 nitrogen and oxygen atoms in total. The molecule has 0 amide bonds. The molecular formula is C10H7Cl2IO5. The van der Waals surface area contributed by atoms with E-state index in [4.69, 9.17) is 33.4 Å². The molecule has 2 N–H and O–H groups in total. The van der Waals surface area contributed by atoms with Gasteiger partial charge in [-0.3, -0.25) is 12.7 Å². The summed E-state index contributed by atoms with van der Waals surface area (Å²) < 4.78 is 11.4. The van der Waals surface area contributed by atoms with Gasteiger partial charge >= 0.3 is 11.9 Å². The molecule has 18 heavy (non-hydrogen) atoms. The molecule has 1 aromatic rings. The predicted octanol–water partition coefficient (Wildman–Crippen LogP) is 2.73. The van der Waals surface area contributed by atoms with E-state index in [-0.39, 0.29) is 31.2 Å². The highest BCUT2D eigenvalue weighted by molar-refractivity contribution is 14.1. The van der Waals surface area contributed by atoms with E-state index in [1.54, 1.807) is 0 Å². The van der Waals surface area contributed by atoms with Gasteiger partial charge < -0.3 is 10.2 Å². The average molecular weight is 405 g/mol. The first-order chi connectivity index (χ1) is 8.36. The maximum absolute atomic E-state index is 11.2. The number of hydrogen-bond acceptors (Lipinski definition) is 3. The minimum Gasteiger partial charge on any atom is -0.481 e. The summed E-state index contributed by atoms with van der Waals surface area (Å²) in [4.78, 5) is 21.4. The lowest BCUT2D eigenvalue weighted by atomic mass is 10.1. The number of carboxylic acid groups (broad SMARTS) is 2. The molecule has 98 valence electrons. The normalized spacial score (nSPS) is 10.3. The van der Waals surface area contributed by atoms with Crippen LogP contribution in [-0.4, -0.2) is 22.2 Å². The molecule has 1 aromatic carbocycles. The zero-order valence-corrected chi connectivity index (χ0v) is 12.4. The molecule has 0 aliphatic rings. The lowest BCUT2D eigenvalue weighted by molar-refractivity contribution is -0.137. The molecule has 0 aromatic heterocycles. The van der Waals surface area contributed by atoms with E-state index >= 15 is 0 Å². The van der Waals surface area contributed by atoms with Crippen LogP contribution in [0.5, 0.6) is 0 Å². The monoisotopic (exact) mass is 404 g/mol. The lowest BCUT2D eigenvalue weighted by Gasteiger charge is -2.10. The molecule has 0 aliphatic carbocycles. The van der Waals surface area contributed by atoms with E-state index in [2.05, 4.69) is 0 Å². The van der Waals surface area contributed by atoms with Gasteiger partial charge in [-0.1, -0.05) is 23.2 Å². The topological polar surface area (TPSA) is 91.7 Å². The highest BCUT2D eigenvalue weighted by Gasteiger charge is 2.20. The second-order valence-corrected chi connectivity index (χ2v) is 5.65. The molecule has 0 spiro atoms. The Balaban J connectivity index is 3.45. The van der Waals surface area contributed by atoms with Crippen LogP contribution in [0.1, 0.15) is 11.1 Å². The molecule has 0 heterocycles. The predicted molar refractivity (Wildman–Crippen MR) is 72.5 cm³/mol. The van der Waals surface area contributed by atoms with Crippen molar-refractivity contribution in [3.8, 4) is 0 Å². The molecular weight excluding hydrogens is 398 g/mol. The smallest absolute Gasteiger partial charge is 0.307 e. The van der Waals surface area contributed by atoms with E-state index in [1.165, 1.54) is 6.07 Å². The van der Waals surface area contributed by atoms with Gasteiger partial charge in [-0.25, -0.2) is 0 Å². The van der Waals surface area contributed by atoms with Crippen LogP contribution in [-0.2, 0) is 25.5 Å². The van der Waals surface area contributed by atoms with Crippen molar-refractivity contribution in [2.75, 3.05) is 0 Å². The van der Waals surface area contributed by atoms with E-state index in [1.807, 2.05) is 0 Å². The molecule has 0 fully saturated rings. The average Bonchev–Trinajstić information content (AvgIpc) is 2.24. The summed E-state index contributed by atoms with van der Waals surface area (Å²) in [6.45, 7) is 0. The summed E-state index contributed by atoms with van der Waals surface area (Å²) >= 11 is 9.93. The maximum atomic E-state index is 11.2. The fourth-order valence-electron chi connectivity index (χ4n) is 1.41. The zero-order valence-electron chi connectivity index (χ0n) is 8.74. The van der Waals surface area contributed by atoms with Crippen molar-refractivity contribution in [2.45, 2.75) is 12.8 Å². The Kier molecular flexibility index (Phi) is 5.48. The van der Waals surface area contributed by atoms with Crippen molar-refractivity contribution < 1.29 is 22.9 Å². The first kappa shape index (κ1) is 15.3. The van der Waals surface area contributed by atoms with E-state index in [0.717, 1.165) is 0 Å². The summed E-state index contributed by atoms with van der Waals surface area (Å²) in [7, 11) is 0. The number of benzene rings is 1. The van der Waals surface area contributed by atoms with Gasteiger partial charge in [0.2, 0.25) is 0 Å². The second-order valence-electron chi connectivity index (χ2n) is 3.34. The molecule has 1 rings (SSSR count). The van der Waals surface area contributed by atoms with Crippen LogP contribution in [0.3, 0.4) is 0 Å². The van der Waals surface area contributed by atoms with Gasteiger partial charge in [-0.2, -0.15) is 0 Å². The molecule has 0 saturated carbocycles. The molecule has 0 unspecified atom stereocenters. The standard InChI is InChI=1S/C10H7Cl2IO5/c11-6-1-4(2-7(14)15)10(13-18)5(9(6)12)3-8(16)17/h1H,2-3H2,(H,14,15)(H,16,17). The van der Waals surface area contributed by atoms with E-state index in [9.17, 15) is 12.7 Å². The molecule has 0 atom stereocenters. The Bertz CT molecular complexity index is 529. The van der Waals surface area contributed by atoms with Gasteiger partial charge in [-0.05, 0) is 17.2 Å². The summed E-state index contributed by atoms with van der Waals surface area (Å²) in [5, 5.41) is 17.6. The first-order valence-corrected chi connectivity index (χ1v) is 7.28. The summed E-state index contributed by atoms with van der Waals surface area (Å²) in [5.74, 6) is -2.27. The molecule has 0 bridgehead atoms. The number of aliphatic carboxylic acids is 2. The van der Waals surface area contributed by atoms with Gasteiger partial charge in [0, 0.05) is 0 Å². The fourth-order valence-corrected chi connectivity index (χ4v) is 3.38.